The van der Waals surface area contributed by atoms with Gasteiger partial charge in [0, 0.05) is 38.4 Å². The number of anilines is 1. The van der Waals surface area contributed by atoms with Crippen molar-refractivity contribution >= 4 is 15.5 Å². The Labute approximate surface area is 127 Å². The van der Waals surface area contributed by atoms with Crippen molar-refractivity contribution in [1.82, 2.24) is 4.90 Å². The third-order valence-electron chi connectivity index (χ3n) is 4.58. The third-order valence-corrected chi connectivity index (χ3v) is 6.42. The first-order valence-electron chi connectivity index (χ1n) is 7.76. The van der Waals surface area contributed by atoms with Crippen LogP contribution in [0, 0.1) is 12.8 Å². The van der Waals surface area contributed by atoms with Gasteiger partial charge in [-0.2, -0.15) is 0 Å². The zero-order valence-corrected chi connectivity index (χ0v) is 13.5. The van der Waals surface area contributed by atoms with E-state index in [1.807, 2.05) is 0 Å². The lowest BCUT2D eigenvalue weighted by atomic mass is 10.1. The molecule has 1 aromatic rings. The van der Waals surface area contributed by atoms with Gasteiger partial charge in [0.05, 0.1) is 11.5 Å². The Morgan fingerprint density at radius 1 is 1.19 bits per heavy atom. The number of benzene rings is 1. The summed E-state index contributed by atoms with van der Waals surface area (Å²) in [6.45, 7) is 7.20. The Balaban J connectivity index is 1.51. The van der Waals surface area contributed by atoms with Gasteiger partial charge in [0.15, 0.2) is 9.84 Å². The molecule has 116 valence electrons. The molecule has 0 amide bonds. The van der Waals surface area contributed by atoms with Crippen molar-refractivity contribution < 1.29 is 8.42 Å². The standard InChI is InChI=1S/C16H24N2O2S/c1-14-3-2-4-16(11-14)18-8-6-17(7-9-18)12-15-5-10-21(19,20)13-15/h2-4,11,15H,5-10,12-13H2,1H3. The quantitative estimate of drug-likeness (QED) is 0.849. The molecule has 1 unspecified atom stereocenters. The molecule has 1 aromatic carbocycles. The lowest BCUT2D eigenvalue weighted by Gasteiger charge is -2.37. The summed E-state index contributed by atoms with van der Waals surface area (Å²) in [6.07, 6.45) is 0.848. The second kappa shape index (κ2) is 5.97. The monoisotopic (exact) mass is 308 g/mol. The number of hydrogen-bond donors (Lipinski definition) is 0. The van der Waals surface area contributed by atoms with E-state index in [0.717, 1.165) is 39.1 Å². The average molecular weight is 308 g/mol. The van der Waals surface area contributed by atoms with Gasteiger partial charge in [-0.25, -0.2) is 8.42 Å². The minimum atomic E-state index is -2.74. The molecule has 1 atom stereocenters. The molecular weight excluding hydrogens is 284 g/mol. The third kappa shape index (κ3) is 3.77. The van der Waals surface area contributed by atoms with Crippen LogP contribution in [0.25, 0.3) is 0 Å². The molecule has 2 fully saturated rings. The summed E-state index contributed by atoms with van der Waals surface area (Å²) in [5, 5.41) is 0. The molecule has 3 rings (SSSR count). The Bertz CT molecular complexity index is 592. The Kier molecular flexibility index (Phi) is 4.22. The first-order valence-corrected chi connectivity index (χ1v) is 9.58. The van der Waals surface area contributed by atoms with E-state index < -0.39 is 9.84 Å². The summed E-state index contributed by atoms with van der Waals surface area (Å²) in [5.74, 6) is 1.13. The van der Waals surface area contributed by atoms with Gasteiger partial charge in [-0.3, -0.25) is 4.90 Å². The fourth-order valence-electron chi connectivity index (χ4n) is 3.39. The number of piperazine rings is 1. The van der Waals surface area contributed by atoms with Crippen LogP contribution in [0.4, 0.5) is 5.69 Å². The molecule has 2 heterocycles. The summed E-state index contributed by atoms with van der Waals surface area (Å²) >= 11 is 0. The smallest absolute Gasteiger partial charge is 0.150 e. The van der Waals surface area contributed by atoms with Gasteiger partial charge in [0.25, 0.3) is 0 Å². The van der Waals surface area contributed by atoms with Crippen molar-refractivity contribution in [3.05, 3.63) is 29.8 Å². The van der Waals surface area contributed by atoms with Gasteiger partial charge in [-0.1, -0.05) is 12.1 Å². The van der Waals surface area contributed by atoms with Gasteiger partial charge < -0.3 is 4.90 Å². The summed E-state index contributed by atoms with van der Waals surface area (Å²) in [4.78, 5) is 4.85. The highest BCUT2D eigenvalue weighted by molar-refractivity contribution is 7.91. The number of rotatable bonds is 3. The van der Waals surface area contributed by atoms with E-state index in [2.05, 4.69) is 41.0 Å². The predicted molar refractivity (Wildman–Crippen MR) is 86.6 cm³/mol. The van der Waals surface area contributed by atoms with Gasteiger partial charge in [0.2, 0.25) is 0 Å². The summed E-state index contributed by atoms with van der Waals surface area (Å²) in [6, 6.07) is 8.64. The highest BCUT2D eigenvalue weighted by Gasteiger charge is 2.30. The molecule has 5 heteroatoms. The molecule has 0 aromatic heterocycles. The maximum Gasteiger partial charge on any atom is 0.150 e. The number of hydrogen-bond acceptors (Lipinski definition) is 4. The molecule has 0 aliphatic carbocycles. The number of sulfone groups is 1. The Hall–Kier alpha value is -1.07. The van der Waals surface area contributed by atoms with E-state index in [-0.39, 0.29) is 0 Å². The average Bonchev–Trinajstić information content (AvgIpc) is 2.79. The highest BCUT2D eigenvalue weighted by atomic mass is 32.2. The van der Waals surface area contributed by atoms with E-state index >= 15 is 0 Å². The summed E-state index contributed by atoms with van der Waals surface area (Å²) in [5.41, 5.74) is 2.60. The first-order chi connectivity index (χ1) is 10.0. The molecule has 0 N–H and O–H groups in total. The molecule has 2 saturated heterocycles. The van der Waals surface area contributed by atoms with Crippen LogP contribution in [0.1, 0.15) is 12.0 Å². The Morgan fingerprint density at radius 2 is 1.95 bits per heavy atom. The fraction of sp³-hybridized carbons (Fsp3) is 0.625. The van der Waals surface area contributed by atoms with Gasteiger partial charge in [-0.15, -0.1) is 0 Å². The van der Waals surface area contributed by atoms with Crippen LogP contribution in [-0.4, -0.2) is 57.5 Å². The van der Waals surface area contributed by atoms with Gasteiger partial charge >= 0.3 is 0 Å². The minimum Gasteiger partial charge on any atom is -0.369 e. The van der Waals surface area contributed by atoms with Crippen LogP contribution in [-0.2, 0) is 9.84 Å². The van der Waals surface area contributed by atoms with Crippen molar-refractivity contribution in [1.29, 1.82) is 0 Å². The number of aryl methyl sites for hydroxylation is 1. The zero-order valence-electron chi connectivity index (χ0n) is 12.7. The van der Waals surface area contributed by atoms with E-state index in [0.29, 0.717) is 17.4 Å². The predicted octanol–water partition coefficient (Wildman–Crippen LogP) is 1.55. The van der Waals surface area contributed by atoms with Crippen LogP contribution >= 0.6 is 0 Å². The minimum absolute atomic E-state index is 0.348. The van der Waals surface area contributed by atoms with Crippen LogP contribution in [0.15, 0.2) is 24.3 Å². The van der Waals surface area contributed by atoms with Crippen molar-refractivity contribution in [3.8, 4) is 0 Å². The SMILES string of the molecule is Cc1cccc(N2CCN(CC3CCS(=O)(=O)C3)CC2)c1. The molecular formula is C16H24N2O2S. The number of nitrogens with zero attached hydrogens (tertiary/aromatic N) is 2. The second-order valence-electron chi connectivity index (χ2n) is 6.40. The maximum atomic E-state index is 11.5. The lowest BCUT2D eigenvalue weighted by Crippen LogP contribution is -2.48. The van der Waals surface area contributed by atoms with E-state index in [4.69, 9.17) is 0 Å². The highest BCUT2D eigenvalue weighted by Crippen LogP contribution is 2.22. The van der Waals surface area contributed by atoms with Crippen molar-refractivity contribution in [2.45, 2.75) is 13.3 Å². The van der Waals surface area contributed by atoms with Crippen LogP contribution in [0.5, 0.6) is 0 Å². The van der Waals surface area contributed by atoms with E-state index in [1.165, 1.54) is 11.3 Å². The normalized spacial score (nSPS) is 26.1. The molecule has 21 heavy (non-hydrogen) atoms. The fourth-order valence-corrected chi connectivity index (χ4v) is 5.24. The molecule has 2 aliphatic rings. The molecule has 0 saturated carbocycles. The van der Waals surface area contributed by atoms with Gasteiger partial charge in [-0.05, 0) is 37.0 Å². The lowest BCUT2D eigenvalue weighted by molar-refractivity contribution is 0.227. The van der Waals surface area contributed by atoms with Gasteiger partial charge in [0.1, 0.15) is 0 Å². The van der Waals surface area contributed by atoms with Crippen molar-refractivity contribution in [3.63, 3.8) is 0 Å². The largest absolute Gasteiger partial charge is 0.369 e. The molecule has 0 radical (unpaired) electrons. The summed E-state index contributed by atoms with van der Waals surface area (Å²) in [7, 11) is -2.74. The molecule has 0 bridgehead atoms. The van der Waals surface area contributed by atoms with Crippen LogP contribution in [0.2, 0.25) is 0 Å². The van der Waals surface area contributed by atoms with Crippen molar-refractivity contribution in [2.24, 2.45) is 5.92 Å². The topological polar surface area (TPSA) is 40.6 Å². The molecule has 0 spiro atoms. The first kappa shape index (κ1) is 14.9. The van der Waals surface area contributed by atoms with Crippen LogP contribution < -0.4 is 4.90 Å². The van der Waals surface area contributed by atoms with E-state index in [1.54, 1.807) is 0 Å². The van der Waals surface area contributed by atoms with Crippen molar-refractivity contribution in [2.75, 3.05) is 49.1 Å². The maximum absolute atomic E-state index is 11.5. The summed E-state index contributed by atoms with van der Waals surface area (Å²) < 4.78 is 23.0. The molecule has 2 aliphatic heterocycles. The molecule has 4 nitrogen and oxygen atoms in total. The Morgan fingerprint density at radius 3 is 2.57 bits per heavy atom. The van der Waals surface area contributed by atoms with E-state index in [9.17, 15) is 8.42 Å². The second-order valence-corrected chi connectivity index (χ2v) is 8.62. The zero-order chi connectivity index (χ0) is 14.9. The van der Waals surface area contributed by atoms with Crippen LogP contribution in [0.3, 0.4) is 0 Å².